The summed E-state index contributed by atoms with van der Waals surface area (Å²) in [5, 5.41) is 8.85. The molecule has 1 aromatic heterocycles. The van der Waals surface area contributed by atoms with Gasteiger partial charge in [-0.25, -0.2) is 4.68 Å². The number of aromatic nitrogens is 3. The maximum atomic E-state index is 6.14. The molecule has 0 saturated heterocycles. The van der Waals surface area contributed by atoms with Crippen molar-refractivity contribution in [2.75, 3.05) is 0 Å². The van der Waals surface area contributed by atoms with Gasteiger partial charge >= 0.3 is 0 Å². The van der Waals surface area contributed by atoms with Crippen molar-refractivity contribution in [2.24, 2.45) is 5.92 Å². The van der Waals surface area contributed by atoms with Crippen molar-refractivity contribution in [1.82, 2.24) is 15.0 Å². The Hall–Kier alpha value is -0.570. The molecule has 14 heavy (non-hydrogen) atoms. The Kier molecular flexibility index (Phi) is 4.39. The zero-order chi connectivity index (χ0) is 10.6. The Balaban J connectivity index is 2.65. The maximum Gasteiger partial charge on any atom is 0.150 e. The molecule has 0 aliphatic rings. The predicted octanol–water partition coefficient (Wildman–Crippen LogP) is 2.93. The van der Waals surface area contributed by atoms with E-state index in [1.807, 2.05) is 0 Å². The maximum absolute atomic E-state index is 6.14. The van der Waals surface area contributed by atoms with E-state index in [1.54, 1.807) is 4.68 Å². The van der Waals surface area contributed by atoms with Crippen molar-refractivity contribution < 1.29 is 0 Å². The number of nitrogens with zero attached hydrogens (tertiary/aromatic N) is 3. The van der Waals surface area contributed by atoms with Crippen LogP contribution in [0.1, 0.15) is 39.3 Å². The number of rotatable bonds is 5. The van der Waals surface area contributed by atoms with Crippen molar-refractivity contribution in [2.45, 2.75) is 46.6 Å². The summed E-state index contributed by atoms with van der Waals surface area (Å²) in [5.74, 6) is 0.573. The van der Waals surface area contributed by atoms with Gasteiger partial charge in [0.25, 0.3) is 0 Å². The third kappa shape index (κ3) is 2.98. The molecule has 0 N–H and O–H groups in total. The number of hydrogen-bond donors (Lipinski definition) is 0. The van der Waals surface area contributed by atoms with E-state index >= 15 is 0 Å². The van der Waals surface area contributed by atoms with Crippen molar-refractivity contribution in [3.05, 3.63) is 10.8 Å². The lowest BCUT2D eigenvalue weighted by Crippen LogP contribution is -2.00. The first kappa shape index (κ1) is 11.5. The highest BCUT2D eigenvalue weighted by molar-refractivity contribution is 6.30. The van der Waals surface area contributed by atoms with E-state index in [-0.39, 0.29) is 0 Å². The molecule has 1 rings (SSSR count). The van der Waals surface area contributed by atoms with Crippen LogP contribution in [0.25, 0.3) is 0 Å². The highest BCUT2D eigenvalue weighted by Crippen LogP contribution is 2.16. The zero-order valence-electron chi connectivity index (χ0n) is 9.13. The second-order valence-corrected chi connectivity index (χ2v) is 4.36. The van der Waals surface area contributed by atoms with Crippen molar-refractivity contribution in [1.29, 1.82) is 0 Å². The van der Waals surface area contributed by atoms with Gasteiger partial charge in [-0.1, -0.05) is 44.0 Å². The van der Waals surface area contributed by atoms with E-state index < -0.39 is 0 Å². The standard InChI is InChI=1S/C10H18ClN3/c1-4-5-6-14-10(11)9(12-13-14)7-8(2)3/h8H,4-7H2,1-3H3. The Morgan fingerprint density at radius 2 is 2.14 bits per heavy atom. The second-order valence-electron chi connectivity index (χ2n) is 4.00. The fourth-order valence-electron chi connectivity index (χ4n) is 1.30. The number of unbranched alkanes of at least 4 members (excludes halogenated alkanes) is 1. The zero-order valence-corrected chi connectivity index (χ0v) is 9.88. The molecule has 3 nitrogen and oxygen atoms in total. The SMILES string of the molecule is CCCCn1nnc(CC(C)C)c1Cl. The summed E-state index contributed by atoms with van der Waals surface area (Å²) in [6, 6.07) is 0. The normalized spacial score (nSPS) is 11.2. The van der Waals surface area contributed by atoms with Crippen LogP contribution in [0, 0.1) is 5.92 Å². The first-order valence-electron chi connectivity index (χ1n) is 5.23. The van der Waals surface area contributed by atoms with E-state index in [1.165, 1.54) is 0 Å². The van der Waals surface area contributed by atoms with Gasteiger partial charge in [0, 0.05) is 6.54 Å². The lowest BCUT2D eigenvalue weighted by atomic mass is 10.1. The molecule has 0 amide bonds. The van der Waals surface area contributed by atoms with Gasteiger partial charge in [0.05, 0.1) is 0 Å². The van der Waals surface area contributed by atoms with Gasteiger partial charge in [0.2, 0.25) is 0 Å². The quantitative estimate of drug-likeness (QED) is 0.756. The van der Waals surface area contributed by atoms with Gasteiger partial charge in [-0.2, -0.15) is 0 Å². The van der Waals surface area contributed by atoms with Gasteiger partial charge < -0.3 is 0 Å². The molecule has 0 fully saturated rings. The second kappa shape index (κ2) is 5.35. The average molecular weight is 216 g/mol. The summed E-state index contributed by atoms with van der Waals surface area (Å²) in [6.07, 6.45) is 3.16. The Morgan fingerprint density at radius 1 is 1.43 bits per heavy atom. The summed E-state index contributed by atoms with van der Waals surface area (Å²) in [6.45, 7) is 7.34. The molecule has 0 aromatic carbocycles. The molecule has 0 aliphatic heterocycles. The molecule has 0 bridgehead atoms. The largest absolute Gasteiger partial charge is 0.234 e. The topological polar surface area (TPSA) is 30.7 Å². The molecule has 0 radical (unpaired) electrons. The van der Waals surface area contributed by atoms with Crippen LogP contribution in [0.2, 0.25) is 5.15 Å². The molecule has 0 unspecified atom stereocenters. The molecule has 0 saturated carbocycles. The van der Waals surface area contributed by atoms with Gasteiger partial charge in [0.15, 0.2) is 5.15 Å². The Labute approximate surface area is 90.4 Å². The minimum atomic E-state index is 0.573. The van der Waals surface area contributed by atoms with Crippen LogP contribution in [0.3, 0.4) is 0 Å². The van der Waals surface area contributed by atoms with Gasteiger partial charge in [-0.3, -0.25) is 0 Å². The van der Waals surface area contributed by atoms with E-state index in [0.717, 1.165) is 31.5 Å². The highest BCUT2D eigenvalue weighted by Gasteiger charge is 2.11. The van der Waals surface area contributed by atoms with Gasteiger partial charge in [0.1, 0.15) is 5.69 Å². The summed E-state index contributed by atoms with van der Waals surface area (Å²) in [4.78, 5) is 0. The van der Waals surface area contributed by atoms with E-state index in [2.05, 4.69) is 31.1 Å². The van der Waals surface area contributed by atoms with E-state index in [4.69, 9.17) is 11.6 Å². The molecule has 1 heterocycles. The monoisotopic (exact) mass is 215 g/mol. The van der Waals surface area contributed by atoms with Gasteiger partial charge in [-0.15, -0.1) is 5.10 Å². The van der Waals surface area contributed by atoms with Crippen molar-refractivity contribution in [3.8, 4) is 0 Å². The predicted molar refractivity (Wildman–Crippen MR) is 58.5 cm³/mol. The number of aryl methyl sites for hydroxylation is 1. The summed E-state index contributed by atoms with van der Waals surface area (Å²) < 4.78 is 1.79. The summed E-state index contributed by atoms with van der Waals surface area (Å²) in [7, 11) is 0. The lowest BCUT2D eigenvalue weighted by Gasteiger charge is -2.02. The third-order valence-corrected chi connectivity index (χ3v) is 2.48. The van der Waals surface area contributed by atoms with Gasteiger partial charge in [-0.05, 0) is 18.8 Å². The molecule has 80 valence electrons. The van der Waals surface area contributed by atoms with Crippen LogP contribution in [0.4, 0.5) is 0 Å². The molecule has 0 spiro atoms. The fourth-order valence-corrected chi connectivity index (χ4v) is 1.53. The summed E-state index contributed by atoms with van der Waals surface area (Å²) >= 11 is 6.14. The van der Waals surface area contributed by atoms with Crippen molar-refractivity contribution >= 4 is 11.6 Å². The molecular weight excluding hydrogens is 198 g/mol. The Morgan fingerprint density at radius 3 is 2.71 bits per heavy atom. The smallest absolute Gasteiger partial charge is 0.150 e. The van der Waals surface area contributed by atoms with Crippen LogP contribution in [0.15, 0.2) is 0 Å². The van der Waals surface area contributed by atoms with Crippen LogP contribution in [0.5, 0.6) is 0 Å². The van der Waals surface area contributed by atoms with E-state index in [9.17, 15) is 0 Å². The van der Waals surface area contributed by atoms with E-state index in [0.29, 0.717) is 11.1 Å². The fraction of sp³-hybridized carbons (Fsp3) is 0.800. The third-order valence-electron chi connectivity index (χ3n) is 2.06. The first-order chi connectivity index (χ1) is 6.65. The minimum Gasteiger partial charge on any atom is -0.234 e. The molecule has 0 atom stereocenters. The highest BCUT2D eigenvalue weighted by atomic mass is 35.5. The van der Waals surface area contributed by atoms with Crippen LogP contribution < -0.4 is 0 Å². The molecule has 1 aromatic rings. The lowest BCUT2D eigenvalue weighted by molar-refractivity contribution is 0.553. The van der Waals surface area contributed by atoms with Crippen LogP contribution in [-0.4, -0.2) is 15.0 Å². The Bertz CT molecular complexity index is 281. The van der Waals surface area contributed by atoms with Crippen molar-refractivity contribution in [3.63, 3.8) is 0 Å². The molecular formula is C10H18ClN3. The number of halogens is 1. The van der Waals surface area contributed by atoms with Crippen LogP contribution >= 0.6 is 11.6 Å². The number of hydrogen-bond acceptors (Lipinski definition) is 2. The first-order valence-corrected chi connectivity index (χ1v) is 5.60. The molecule has 0 aliphatic carbocycles. The minimum absolute atomic E-state index is 0.573. The average Bonchev–Trinajstić information content (AvgIpc) is 2.45. The van der Waals surface area contributed by atoms with Crippen LogP contribution in [-0.2, 0) is 13.0 Å². The summed E-state index contributed by atoms with van der Waals surface area (Å²) in [5.41, 5.74) is 0.928. The molecule has 4 heteroatoms.